The average Bonchev–Trinajstić information content (AvgIpc) is 2.83. The number of esters is 1. The Morgan fingerprint density at radius 1 is 1.41 bits per heavy atom. The van der Waals surface area contributed by atoms with E-state index < -0.39 is 6.10 Å². The Morgan fingerprint density at radius 3 is 2.59 bits per heavy atom. The molecule has 2 aliphatic rings. The summed E-state index contributed by atoms with van der Waals surface area (Å²) in [7, 11) is 0. The average molecular weight is 302 g/mol. The van der Waals surface area contributed by atoms with E-state index in [1.165, 1.54) is 5.57 Å². The van der Waals surface area contributed by atoms with Gasteiger partial charge in [0, 0.05) is 5.57 Å². The lowest BCUT2D eigenvalue weighted by Crippen LogP contribution is -2.20. The van der Waals surface area contributed by atoms with Gasteiger partial charge in [0.15, 0.2) is 5.78 Å². The van der Waals surface area contributed by atoms with Crippen molar-refractivity contribution in [2.45, 2.75) is 53.6 Å². The van der Waals surface area contributed by atoms with E-state index in [9.17, 15) is 9.59 Å². The number of ether oxygens (including phenoxy) is 1. The summed E-state index contributed by atoms with van der Waals surface area (Å²) in [6.07, 6.45) is 4.31. The van der Waals surface area contributed by atoms with Crippen LogP contribution in [0.25, 0.3) is 0 Å². The molecule has 2 rings (SSSR count). The predicted octanol–water partition coefficient (Wildman–Crippen LogP) is 4.00. The molecule has 0 aromatic heterocycles. The van der Waals surface area contributed by atoms with Gasteiger partial charge < -0.3 is 4.74 Å². The van der Waals surface area contributed by atoms with Crippen LogP contribution >= 0.6 is 0 Å². The largest absolute Gasteiger partial charge is 0.457 e. The van der Waals surface area contributed by atoms with Gasteiger partial charge in [-0.2, -0.15) is 0 Å². The fraction of sp³-hybridized carbons (Fsp3) is 0.579. The third-order valence-electron chi connectivity index (χ3n) is 4.95. The Kier molecular flexibility index (Phi) is 4.46. The van der Waals surface area contributed by atoms with E-state index in [1.54, 1.807) is 6.08 Å². The lowest BCUT2D eigenvalue weighted by molar-refractivity contribution is -0.150. The summed E-state index contributed by atoms with van der Waals surface area (Å²) in [4.78, 5) is 24.5. The van der Waals surface area contributed by atoms with Crippen molar-refractivity contribution in [3.05, 3.63) is 35.5 Å². The SMILES string of the molecule is C=CCC1=C(C)[C@H](OC(=O)[C@@H]2[C@@H](C=C(C)C)C2(C)C)CC1=O. The number of rotatable bonds is 5. The molecule has 3 heteroatoms. The molecule has 0 aromatic rings. The second kappa shape index (κ2) is 5.86. The number of carbonyl (C=O) groups is 2. The first-order chi connectivity index (χ1) is 10.2. The zero-order valence-corrected chi connectivity index (χ0v) is 14.2. The number of hydrogen-bond donors (Lipinski definition) is 0. The number of allylic oxidation sites excluding steroid dienone is 4. The summed E-state index contributed by atoms with van der Waals surface area (Å²) in [5.41, 5.74) is 2.80. The van der Waals surface area contributed by atoms with Crippen molar-refractivity contribution in [2.24, 2.45) is 17.3 Å². The van der Waals surface area contributed by atoms with Gasteiger partial charge in [0.25, 0.3) is 0 Å². The van der Waals surface area contributed by atoms with Crippen LogP contribution in [0.4, 0.5) is 0 Å². The van der Waals surface area contributed by atoms with Crippen LogP contribution in [-0.4, -0.2) is 17.9 Å². The smallest absolute Gasteiger partial charge is 0.310 e. The highest BCUT2D eigenvalue weighted by atomic mass is 16.5. The quantitative estimate of drug-likeness (QED) is 0.569. The first-order valence-corrected chi connectivity index (χ1v) is 7.89. The van der Waals surface area contributed by atoms with E-state index >= 15 is 0 Å². The number of Topliss-reactive ketones (excluding diaryl/α,β-unsaturated/α-hetero) is 1. The minimum atomic E-state index is -0.390. The maximum Gasteiger partial charge on any atom is 0.310 e. The van der Waals surface area contributed by atoms with Gasteiger partial charge in [-0.05, 0) is 44.1 Å². The number of ketones is 1. The van der Waals surface area contributed by atoms with Crippen molar-refractivity contribution in [1.82, 2.24) is 0 Å². The molecule has 3 atom stereocenters. The Labute approximate surface area is 133 Å². The topological polar surface area (TPSA) is 43.4 Å². The Bertz CT molecular complexity index is 573. The second-order valence-electron chi connectivity index (χ2n) is 7.28. The van der Waals surface area contributed by atoms with Crippen LogP contribution in [-0.2, 0) is 14.3 Å². The molecule has 1 saturated carbocycles. The Morgan fingerprint density at radius 2 is 2.05 bits per heavy atom. The van der Waals surface area contributed by atoms with Crippen molar-refractivity contribution in [3.8, 4) is 0 Å². The van der Waals surface area contributed by atoms with Gasteiger partial charge in [-0.25, -0.2) is 0 Å². The van der Waals surface area contributed by atoms with Crippen LogP contribution in [0.2, 0.25) is 0 Å². The van der Waals surface area contributed by atoms with Gasteiger partial charge in [0.05, 0.1) is 12.3 Å². The molecule has 2 aliphatic carbocycles. The fourth-order valence-electron chi connectivity index (χ4n) is 3.42. The lowest BCUT2D eigenvalue weighted by Gasteiger charge is -2.13. The molecule has 120 valence electrons. The van der Waals surface area contributed by atoms with Crippen LogP contribution in [0, 0.1) is 17.3 Å². The van der Waals surface area contributed by atoms with Crippen LogP contribution in [0.1, 0.15) is 47.5 Å². The monoisotopic (exact) mass is 302 g/mol. The fourth-order valence-corrected chi connectivity index (χ4v) is 3.42. The van der Waals surface area contributed by atoms with Crippen LogP contribution in [0.15, 0.2) is 35.5 Å². The molecule has 0 aromatic carbocycles. The predicted molar refractivity (Wildman–Crippen MR) is 87.2 cm³/mol. The van der Waals surface area contributed by atoms with Crippen molar-refractivity contribution in [1.29, 1.82) is 0 Å². The van der Waals surface area contributed by atoms with E-state index in [4.69, 9.17) is 4.74 Å². The summed E-state index contributed by atoms with van der Waals surface area (Å²) in [6.45, 7) is 13.8. The normalized spacial score (nSPS) is 29.3. The summed E-state index contributed by atoms with van der Waals surface area (Å²) in [6, 6.07) is 0. The molecule has 0 N–H and O–H groups in total. The van der Waals surface area contributed by atoms with E-state index in [0.717, 1.165) is 11.1 Å². The molecule has 3 nitrogen and oxygen atoms in total. The molecule has 0 saturated heterocycles. The van der Waals surface area contributed by atoms with Crippen LogP contribution in [0.5, 0.6) is 0 Å². The molecule has 0 aliphatic heterocycles. The summed E-state index contributed by atoms with van der Waals surface area (Å²) >= 11 is 0. The van der Waals surface area contributed by atoms with Crippen molar-refractivity contribution >= 4 is 11.8 Å². The molecule has 0 unspecified atom stereocenters. The van der Waals surface area contributed by atoms with Crippen LogP contribution < -0.4 is 0 Å². The third kappa shape index (κ3) is 2.94. The molecule has 1 fully saturated rings. The number of hydrogen-bond acceptors (Lipinski definition) is 3. The number of carbonyl (C=O) groups excluding carboxylic acids is 2. The molecule has 0 amide bonds. The molecule has 0 radical (unpaired) electrons. The van der Waals surface area contributed by atoms with Gasteiger partial charge in [-0.3, -0.25) is 9.59 Å². The highest BCUT2D eigenvalue weighted by molar-refractivity contribution is 6.00. The maximum absolute atomic E-state index is 12.5. The minimum absolute atomic E-state index is 0.0570. The van der Waals surface area contributed by atoms with E-state index in [1.807, 2.05) is 20.8 Å². The summed E-state index contributed by atoms with van der Waals surface area (Å²) in [5.74, 6) is 0.0309. The van der Waals surface area contributed by atoms with Crippen LogP contribution in [0.3, 0.4) is 0 Å². The van der Waals surface area contributed by atoms with Gasteiger partial charge >= 0.3 is 5.97 Å². The van der Waals surface area contributed by atoms with Gasteiger partial charge in [-0.15, -0.1) is 6.58 Å². The van der Waals surface area contributed by atoms with Gasteiger partial charge in [0.1, 0.15) is 6.10 Å². The standard InChI is InChI=1S/C19H26O3/c1-7-8-13-12(4)16(10-15(13)20)22-18(21)17-14(9-11(2)3)19(17,5)6/h7,9,14,16-17H,1,8,10H2,2-6H3/t14-,16-,17+/m1/s1. The second-order valence-corrected chi connectivity index (χ2v) is 7.28. The molecular weight excluding hydrogens is 276 g/mol. The van der Waals surface area contributed by atoms with E-state index in [-0.39, 0.29) is 35.4 Å². The summed E-state index contributed by atoms with van der Waals surface area (Å²) < 4.78 is 5.66. The zero-order valence-electron chi connectivity index (χ0n) is 14.2. The first-order valence-electron chi connectivity index (χ1n) is 7.89. The molecular formula is C19H26O3. The van der Waals surface area contributed by atoms with Gasteiger partial charge in [-0.1, -0.05) is 31.6 Å². The van der Waals surface area contributed by atoms with E-state index in [0.29, 0.717) is 6.42 Å². The Balaban J connectivity index is 2.07. The highest BCUT2D eigenvalue weighted by Crippen LogP contribution is 2.60. The van der Waals surface area contributed by atoms with Crippen molar-refractivity contribution in [3.63, 3.8) is 0 Å². The minimum Gasteiger partial charge on any atom is -0.457 e. The maximum atomic E-state index is 12.5. The Hall–Kier alpha value is -1.64. The van der Waals surface area contributed by atoms with Crippen molar-refractivity contribution in [2.75, 3.05) is 0 Å². The third-order valence-corrected chi connectivity index (χ3v) is 4.95. The summed E-state index contributed by atoms with van der Waals surface area (Å²) in [5, 5.41) is 0. The zero-order chi connectivity index (χ0) is 16.7. The van der Waals surface area contributed by atoms with Gasteiger partial charge in [0.2, 0.25) is 0 Å². The first kappa shape index (κ1) is 16.7. The van der Waals surface area contributed by atoms with E-state index in [2.05, 4.69) is 26.5 Å². The molecule has 22 heavy (non-hydrogen) atoms. The highest BCUT2D eigenvalue weighted by Gasteiger charge is 2.61. The molecule has 0 bridgehead atoms. The van der Waals surface area contributed by atoms with Crippen molar-refractivity contribution < 1.29 is 14.3 Å². The lowest BCUT2D eigenvalue weighted by atomic mass is 10.1. The molecule has 0 heterocycles. The molecule has 0 spiro atoms.